The van der Waals surface area contributed by atoms with Crippen molar-refractivity contribution >= 4 is 17.3 Å². The third kappa shape index (κ3) is 5.14. The van der Waals surface area contributed by atoms with Gasteiger partial charge in [-0.05, 0) is 33.2 Å². The summed E-state index contributed by atoms with van der Waals surface area (Å²) in [6.07, 6.45) is 1.91. The smallest absolute Gasteiger partial charge is 0.303 e. The highest BCUT2D eigenvalue weighted by Gasteiger charge is 2.12. The van der Waals surface area contributed by atoms with Crippen LogP contribution >= 0.6 is 11.3 Å². The minimum Gasteiger partial charge on any atom is -0.481 e. The maximum absolute atomic E-state index is 10.5. The molecule has 0 amide bonds. The van der Waals surface area contributed by atoms with Crippen molar-refractivity contribution in [2.75, 3.05) is 6.54 Å². The van der Waals surface area contributed by atoms with Crippen LogP contribution in [0.3, 0.4) is 0 Å². The molecule has 0 aromatic carbocycles. The summed E-state index contributed by atoms with van der Waals surface area (Å²) < 4.78 is 0. The van der Waals surface area contributed by atoms with Crippen LogP contribution in [0.2, 0.25) is 0 Å². The van der Waals surface area contributed by atoms with E-state index in [1.165, 1.54) is 5.01 Å². The topological polar surface area (TPSA) is 53.4 Å². The van der Waals surface area contributed by atoms with E-state index in [9.17, 15) is 4.79 Å². The highest BCUT2D eigenvalue weighted by molar-refractivity contribution is 7.09. The first-order valence-corrected chi connectivity index (χ1v) is 7.30. The standard InChI is InChI=1S/C13H22N2O2S/c1-4-12-14-11(9-18-12)8-15(10(2)3)7-5-6-13(16)17/h9-10H,4-8H2,1-3H3,(H,16,17). The van der Waals surface area contributed by atoms with Crippen LogP contribution in [0, 0.1) is 0 Å². The van der Waals surface area contributed by atoms with E-state index in [-0.39, 0.29) is 6.42 Å². The Balaban J connectivity index is 2.49. The van der Waals surface area contributed by atoms with E-state index in [4.69, 9.17) is 5.11 Å². The Morgan fingerprint density at radius 3 is 2.78 bits per heavy atom. The highest BCUT2D eigenvalue weighted by Crippen LogP contribution is 2.14. The Hall–Kier alpha value is -0.940. The van der Waals surface area contributed by atoms with Crippen molar-refractivity contribution in [2.24, 2.45) is 0 Å². The minimum absolute atomic E-state index is 0.237. The van der Waals surface area contributed by atoms with Crippen molar-refractivity contribution < 1.29 is 9.90 Å². The van der Waals surface area contributed by atoms with E-state index in [1.54, 1.807) is 11.3 Å². The van der Waals surface area contributed by atoms with Crippen LogP contribution in [0.4, 0.5) is 0 Å². The van der Waals surface area contributed by atoms with E-state index in [1.807, 2.05) is 0 Å². The SMILES string of the molecule is CCc1nc(CN(CCCC(=O)O)C(C)C)cs1. The zero-order valence-corrected chi connectivity index (χ0v) is 12.2. The lowest BCUT2D eigenvalue weighted by atomic mass is 10.2. The van der Waals surface area contributed by atoms with Crippen LogP contribution in [0.25, 0.3) is 0 Å². The molecule has 0 aliphatic rings. The molecular weight excluding hydrogens is 248 g/mol. The summed E-state index contributed by atoms with van der Waals surface area (Å²) in [6.45, 7) is 7.99. The van der Waals surface area contributed by atoms with E-state index < -0.39 is 5.97 Å². The molecule has 0 bridgehead atoms. The Labute approximate surface area is 113 Å². The zero-order chi connectivity index (χ0) is 13.5. The number of carboxylic acid groups (broad SMARTS) is 1. The molecule has 0 saturated heterocycles. The van der Waals surface area contributed by atoms with Gasteiger partial charge in [0.1, 0.15) is 0 Å². The fraction of sp³-hybridized carbons (Fsp3) is 0.692. The van der Waals surface area contributed by atoms with Gasteiger partial charge in [-0.3, -0.25) is 9.69 Å². The molecule has 1 aromatic heterocycles. The van der Waals surface area contributed by atoms with Gasteiger partial charge in [0.2, 0.25) is 0 Å². The Bertz CT molecular complexity index is 377. The normalized spacial score (nSPS) is 11.4. The largest absolute Gasteiger partial charge is 0.481 e. The van der Waals surface area contributed by atoms with Gasteiger partial charge in [0.25, 0.3) is 0 Å². The molecule has 1 rings (SSSR count). The molecule has 5 heteroatoms. The molecule has 0 fully saturated rings. The van der Waals surface area contributed by atoms with Crippen LogP contribution in [0.1, 0.15) is 44.3 Å². The zero-order valence-electron chi connectivity index (χ0n) is 11.3. The molecule has 0 aliphatic heterocycles. The summed E-state index contributed by atoms with van der Waals surface area (Å²) in [5, 5.41) is 11.9. The second-order valence-corrected chi connectivity index (χ2v) is 5.59. The van der Waals surface area contributed by atoms with Gasteiger partial charge in [-0.2, -0.15) is 0 Å². The maximum Gasteiger partial charge on any atom is 0.303 e. The van der Waals surface area contributed by atoms with Crippen molar-refractivity contribution in [3.63, 3.8) is 0 Å². The number of thiazole rings is 1. The number of nitrogens with zero attached hydrogens (tertiary/aromatic N) is 2. The molecule has 0 aliphatic carbocycles. The van der Waals surface area contributed by atoms with Gasteiger partial charge < -0.3 is 5.11 Å². The third-order valence-electron chi connectivity index (χ3n) is 2.83. The minimum atomic E-state index is -0.722. The van der Waals surface area contributed by atoms with Crippen LogP contribution < -0.4 is 0 Å². The number of hydrogen-bond donors (Lipinski definition) is 1. The molecule has 0 saturated carbocycles. The number of rotatable bonds is 8. The second kappa shape index (κ2) is 7.48. The van der Waals surface area contributed by atoms with Gasteiger partial charge in [0.05, 0.1) is 10.7 Å². The van der Waals surface area contributed by atoms with Crippen LogP contribution in [0.5, 0.6) is 0 Å². The molecule has 0 spiro atoms. The van der Waals surface area contributed by atoms with Gasteiger partial charge in [0, 0.05) is 24.4 Å². The lowest BCUT2D eigenvalue weighted by Gasteiger charge is -2.25. The van der Waals surface area contributed by atoms with Crippen molar-refractivity contribution in [3.8, 4) is 0 Å². The summed E-state index contributed by atoms with van der Waals surface area (Å²) in [7, 11) is 0. The molecule has 4 nitrogen and oxygen atoms in total. The van der Waals surface area contributed by atoms with Crippen molar-refractivity contribution in [1.29, 1.82) is 0 Å². The first-order valence-electron chi connectivity index (χ1n) is 6.42. The average molecular weight is 270 g/mol. The monoisotopic (exact) mass is 270 g/mol. The van der Waals surface area contributed by atoms with Crippen molar-refractivity contribution in [3.05, 3.63) is 16.1 Å². The molecule has 0 unspecified atom stereocenters. The van der Waals surface area contributed by atoms with E-state index in [2.05, 4.69) is 36.0 Å². The summed E-state index contributed by atoms with van der Waals surface area (Å²) in [5.41, 5.74) is 1.10. The fourth-order valence-electron chi connectivity index (χ4n) is 1.75. The van der Waals surface area contributed by atoms with Gasteiger partial charge in [-0.1, -0.05) is 6.92 Å². The number of aromatic nitrogens is 1. The predicted molar refractivity (Wildman–Crippen MR) is 73.9 cm³/mol. The van der Waals surface area contributed by atoms with E-state index in [0.717, 1.165) is 25.2 Å². The lowest BCUT2D eigenvalue weighted by Crippen LogP contribution is -2.31. The molecule has 1 heterocycles. The third-order valence-corrected chi connectivity index (χ3v) is 3.88. The Morgan fingerprint density at radius 1 is 1.56 bits per heavy atom. The lowest BCUT2D eigenvalue weighted by molar-refractivity contribution is -0.137. The maximum atomic E-state index is 10.5. The number of hydrogen-bond acceptors (Lipinski definition) is 4. The number of aryl methyl sites for hydroxylation is 1. The first-order chi connectivity index (χ1) is 8.52. The van der Waals surface area contributed by atoms with Gasteiger partial charge in [-0.25, -0.2) is 4.98 Å². The van der Waals surface area contributed by atoms with Crippen LogP contribution in [-0.4, -0.2) is 33.5 Å². The number of aliphatic carboxylic acids is 1. The molecule has 1 N–H and O–H groups in total. The predicted octanol–water partition coefficient (Wildman–Crippen LogP) is 2.78. The molecule has 1 aromatic rings. The number of carbonyl (C=O) groups is 1. The van der Waals surface area contributed by atoms with Crippen molar-refractivity contribution in [2.45, 2.75) is 52.6 Å². The van der Waals surface area contributed by atoms with Crippen LogP contribution in [0.15, 0.2) is 5.38 Å². The molecule has 18 heavy (non-hydrogen) atoms. The average Bonchev–Trinajstić information content (AvgIpc) is 2.74. The first kappa shape index (κ1) is 15.1. The Kier molecular flexibility index (Phi) is 6.29. The summed E-state index contributed by atoms with van der Waals surface area (Å²) >= 11 is 1.70. The van der Waals surface area contributed by atoms with Gasteiger partial charge >= 0.3 is 5.97 Å². The summed E-state index contributed by atoms with van der Waals surface area (Å²) in [6, 6.07) is 0.408. The Morgan fingerprint density at radius 2 is 2.28 bits per heavy atom. The van der Waals surface area contributed by atoms with Gasteiger partial charge in [-0.15, -0.1) is 11.3 Å². The number of carboxylic acids is 1. The van der Waals surface area contributed by atoms with Crippen molar-refractivity contribution in [1.82, 2.24) is 9.88 Å². The molecular formula is C13H22N2O2S. The molecule has 0 atom stereocenters. The highest BCUT2D eigenvalue weighted by atomic mass is 32.1. The summed E-state index contributed by atoms with van der Waals surface area (Å²) in [4.78, 5) is 17.4. The molecule has 0 radical (unpaired) electrons. The van der Waals surface area contributed by atoms with E-state index >= 15 is 0 Å². The van der Waals surface area contributed by atoms with E-state index in [0.29, 0.717) is 12.5 Å². The van der Waals surface area contributed by atoms with Crippen LogP contribution in [-0.2, 0) is 17.8 Å². The second-order valence-electron chi connectivity index (χ2n) is 4.65. The summed E-state index contributed by atoms with van der Waals surface area (Å²) in [5.74, 6) is -0.722. The molecule has 102 valence electrons. The fourth-order valence-corrected chi connectivity index (χ4v) is 2.48. The van der Waals surface area contributed by atoms with Gasteiger partial charge in [0.15, 0.2) is 0 Å². The quantitative estimate of drug-likeness (QED) is 0.789.